The summed E-state index contributed by atoms with van der Waals surface area (Å²) < 4.78 is 10.7. The molecule has 4 rings (SSSR count). The van der Waals surface area contributed by atoms with Crippen LogP contribution < -0.4 is 14.4 Å². The first-order valence-electron chi connectivity index (χ1n) is 10.3. The van der Waals surface area contributed by atoms with Crippen molar-refractivity contribution in [2.75, 3.05) is 19.1 Å². The van der Waals surface area contributed by atoms with Crippen molar-refractivity contribution in [3.05, 3.63) is 93.0 Å². The predicted octanol–water partition coefficient (Wildman–Crippen LogP) is 5.95. The van der Waals surface area contributed by atoms with Crippen molar-refractivity contribution in [2.45, 2.75) is 13.0 Å². The third-order valence-corrected chi connectivity index (χ3v) is 6.35. The molecule has 0 aromatic heterocycles. The van der Waals surface area contributed by atoms with Gasteiger partial charge in [0.1, 0.15) is 17.3 Å². The Bertz CT molecular complexity index is 1330. The molecule has 1 aliphatic heterocycles. The molecule has 0 spiro atoms. The normalized spacial score (nSPS) is 17.2. The van der Waals surface area contributed by atoms with Crippen molar-refractivity contribution in [2.24, 2.45) is 0 Å². The van der Waals surface area contributed by atoms with Gasteiger partial charge in [-0.25, -0.2) is 0 Å². The van der Waals surface area contributed by atoms with Crippen molar-refractivity contribution < 1.29 is 24.2 Å². The highest BCUT2D eigenvalue weighted by atomic mass is 35.5. The predicted molar refractivity (Wildman–Crippen MR) is 132 cm³/mol. The Morgan fingerprint density at radius 2 is 1.74 bits per heavy atom. The molecule has 1 amide bonds. The number of aliphatic hydroxyl groups excluding tert-OH is 1. The van der Waals surface area contributed by atoms with Crippen molar-refractivity contribution in [1.82, 2.24) is 0 Å². The molecule has 1 unspecified atom stereocenters. The van der Waals surface area contributed by atoms with Gasteiger partial charge >= 0.3 is 0 Å². The van der Waals surface area contributed by atoms with Crippen molar-refractivity contribution >= 4 is 46.3 Å². The van der Waals surface area contributed by atoms with Crippen LogP contribution in [0.1, 0.15) is 22.7 Å². The van der Waals surface area contributed by atoms with Gasteiger partial charge in [0.15, 0.2) is 0 Å². The molecule has 1 fully saturated rings. The fourth-order valence-electron chi connectivity index (χ4n) is 3.97. The van der Waals surface area contributed by atoms with E-state index in [1.54, 1.807) is 54.6 Å². The minimum Gasteiger partial charge on any atom is -0.507 e. The molecule has 3 aromatic carbocycles. The highest BCUT2D eigenvalue weighted by Gasteiger charge is 2.47. The summed E-state index contributed by atoms with van der Waals surface area (Å²) in [7, 11) is 2.96. The summed E-state index contributed by atoms with van der Waals surface area (Å²) in [6, 6.07) is 15.8. The van der Waals surface area contributed by atoms with E-state index in [0.29, 0.717) is 32.8 Å². The summed E-state index contributed by atoms with van der Waals surface area (Å²) in [4.78, 5) is 28.0. The first kappa shape index (κ1) is 23.7. The topological polar surface area (TPSA) is 76.1 Å². The lowest BCUT2D eigenvalue weighted by molar-refractivity contribution is -0.132. The van der Waals surface area contributed by atoms with Crippen LogP contribution in [0.25, 0.3) is 5.76 Å². The Morgan fingerprint density at radius 1 is 0.971 bits per heavy atom. The monoisotopic (exact) mass is 497 g/mol. The minimum absolute atomic E-state index is 0.101. The summed E-state index contributed by atoms with van der Waals surface area (Å²) in [6.07, 6.45) is 0. The maximum atomic E-state index is 13.3. The van der Waals surface area contributed by atoms with Gasteiger partial charge in [-0.1, -0.05) is 41.4 Å². The van der Waals surface area contributed by atoms with Crippen LogP contribution in [0, 0.1) is 6.92 Å². The minimum atomic E-state index is -0.947. The van der Waals surface area contributed by atoms with E-state index in [1.165, 1.54) is 25.2 Å². The van der Waals surface area contributed by atoms with Crippen LogP contribution in [-0.2, 0) is 9.59 Å². The Labute approximate surface area is 206 Å². The summed E-state index contributed by atoms with van der Waals surface area (Å²) >= 11 is 12.5. The Hall–Kier alpha value is -3.48. The molecule has 1 aliphatic rings. The standard InChI is InChI=1S/C26H21Cl2NO5/c1-14-7-9-17(13-20(14)28)29-23(15-5-4-6-18(11-15)33-2)22(25(31)26(29)32)24(30)19-12-16(27)8-10-21(19)34-3/h4-13,23,30H,1-3H3/b24-22+. The Kier molecular flexibility index (Phi) is 6.55. The van der Waals surface area contributed by atoms with E-state index >= 15 is 0 Å². The van der Waals surface area contributed by atoms with Gasteiger partial charge in [-0.15, -0.1) is 0 Å². The lowest BCUT2D eigenvalue weighted by atomic mass is 9.94. The second-order valence-electron chi connectivity index (χ2n) is 7.72. The van der Waals surface area contributed by atoms with Crippen molar-refractivity contribution in [3.63, 3.8) is 0 Å². The van der Waals surface area contributed by atoms with Crippen LogP contribution in [0.15, 0.2) is 66.2 Å². The van der Waals surface area contributed by atoms with Crippen molar-refractivity contribution in [3.8, 4) is 11.5 Å². The third-order valence-electron chi connectivity index (χ3n) is 5.70. The van der Waals surface area contributed by atoms with Crippen LogP contribution in [0.5, 0.6) is 11.5 Å². The van der Waals surface area contributed by atoms with Crippen molar-refractivity contribution in [1.29, 1.82) is 0 Å². The number of carbonyl (C=O) groups excluding carboxylic acids is 2. The Morgan fingerprint density at radius 3 is 2.41 bits per heavy atom. The van der Waals surface area contributed by atoms with Gasteiger partial charge in [0.25, 0.3) is 11.7 Å². The fourth-order valence-corrected chi connectivity index (χ4v) is 4.31. The number of amides is 1. The number of anilines is 1. The van der Waals surface area contributed by atoms with E-state index in [9.17, 15) is 14.7 Å². The zero-order valence-corrected chi connectivity index (χ0v) is 20.1. The molecule has 3 aromatic rings. The molecule has 0 saturated carbocycles. The van der Waals surface area contributed by atoms with E-state index in [0.717, 1.165) is 5.56 Å². The van der Waals surface area contributed by atoms with Crippen LogP contribution >= 0.6 is 23.2 Å². The number of aryl methyl sites for hydroxylation is 1. The summed E-state index contributed by atoms with van der Waals surface area (Å²) in [5, 5.41) is 12.1. The van der Waals surface area contributed by atoms with Gasteiger partial charge in [-0.3, -0.25) is 14.5 Å². The van der Waals surface area contributed by atoms with Crippen LogP contribution in [0.2, 0.25) is 10.0 Å². The number of aliphatic hydroxyl groups is 1. The molecule has 0 aliphatic carbocycles. The maximum Gasteiger partial charge on any atom is 0.300 e. The smallest absolute Gasteiger partial charge is 0.300 e. The van der Waals surface area contributed by atoms with E-state index in [1.807, 2.05) is 6.92 Å². The van der Waals surface area contributed by atoms with E-state index in [-0.39, 0.29) is 11.1 Å². The molecule has 174 valence electrons. The molecule has 1 N–H and O–H groups in total. The number of ether oxygens (including phenoxy) is 2. The second kappa shape index (κ2) is 9.41. The highest BCUT2D eigenvalue weighted by molar-refractivity contribution is 6.52. The van der Waals surface area contributed by atoms with Gasteiger partial charge in [0.2, 0.25) is 0 Å². The molecule has 6 nitrogen and oxygen atoms in total. The van der Waals surface area contributed by atoms with E-state index in [2.05, 4.69) is 0 Å². The van der Waals surface area contributed by atoms with Gasteiger partial charge in [-0.2, -0.15) is 0 Å². The molecule has 8 heteroatoms. The maximum absolute atomic E-state index is 13.3. The molecular formula is C26H21Cl2NO5. The Balaban J connectivity index is 2.01. The zero-order valence-electron chi connectivity index (χ0n) is 18.6. The van der Waals surface area contributed by atoms with E-state index < -0.39 is 23.5 Å². The zero-order chi connectivity index (χ0) is 24.6. The largest absolute Gasteiger partial charge is 0.507 e. The van der Waals surface area contributed by atoms with E-state index in [4.69, 9.17) is 32.7 Å². The summed E-state index contributed by atoms with van der Waals surface area (Å²) in [5.41, 5.74) is 1.90. The molecule has 1 heterocycles. The second-order valence-corrected chi connectivity index (χ2v) is 8.57. The molecular weight excluding hydrogens is 477 g/mol. The average molecular weight is 498 g/mol. The number of rotatable bonds is 5. The molecule has 0 bridgehead atoms. The number of benzene rings is 3. The lowest BCUT2D eigenvalue weighted by Crippen LogP contribution is -2.29. The lowest BCUT2D eigenvalue weighted by Gasteiger charge is -2.26. The first-order valence-corrected chi connectivity index (χ1v) is 11.1. The SMILES string of the molecule is COc1cccc(C2/C(=C(\O)c3cc(Cl)ccc3OC)C(=O)C(=O)N2c2ccc(C)c(Cl)c2)c1. The number of hydrogen-bond donors (Lipinski definition) is 1. The number of halogens is 2. The third kappa shape index (κ3) is 4.11. The summed E-state index contributed by atoms with van der Waals surface area (Å²) in [6.45, 7) is 1.84. The average Bonchev–Trinajstić information content (AvgIpc) is 3.10. The molecule has 1 atom stereocenters. The molecule has 34 heavy (non-hydrogen) atoms. The summed E-state index contributed by atoms with van der Waals surface area (Å²) in [5.74, 6) is -1.20. The number of hydrogen-bond acceptors (Lipinski definition) is 5. The van der Waals surface area contributed by atoms with Gasteiger partial charge < -0.3 is 14.6 Å². The highest BCUT2D eigenvalue weighted by Crippen LogP contribution is 2.44. The van der Waals surface area contributed by atoms with Crippen LogP contribution in [0.4, 0.5) is 5.69 Å². The first-order chi connectivity index (χ1) is 16.3. The van der Waals surface area contributed by atoms with Gasteiger partial charge in [0.05, 0.1) is 31.4 Å². The number of Topliss-reactive ketones (excluding diaryl/α,β-unsaturated/α-hetero) is 1. The number of nitrogens with zero attached hydrogens (tertiary/aromatic N) is 1. The van der Waals surface area contributed by atoms with Crippen LogP contribution in [-0.4, -0.2) is 31.0 Å². The number of carbonyl (C=O) groups is 2. The quantitative estimate of drug-likeness (QED) is 0.268. The van der Waals surface area contributed by atoms with Gasteiger partial charge in [-0.05, 0) is 60.5 Å². The fraction of sp³-hybridized carbons (Fsp3) is 0.154. The van der Waals surface area contributed by atoms with Gasteiger partial charge in [0, 0.05) is 15.7 Å². The number of methoxy groups -OCH3 is 2. The molecule has 1 saturated heterocycles. The molecule has 0 radical (unpaired) electrons. The van der Waals surface area contributed by atoms with Crippen LogP contribution in [0.3, 0.4) is 0 Å². The number of ketones is 1.